The number of hydrogen-bond donors (Lipinski definition) is 0. The van der Waals surface area contributed by atoms with Gasteiger partial charge >= 0.3 is 110 Å². The zero-order valence-electron chi connectivity index (χ0n) is 46.4. The molecule has 8 aromatic rings. The average molecular weight is 1350 g/mol. The van der Waals surface area contributed by atoms with E-state index < -0.39 is 0 Å². The van der Waals surface area contributed by atoms with Gasteiger partial charge in [0.25, 0.3) is 0 Å². The van der Waals surface area contributed by atoms with Gasteiger partial charge in [-0.15, -0.1) is 151 Å². The van der Waals surface area contributed by atoms with E-state index in [-0.39, 0.29) is 112 Å². The number of aryl methyl sites for hydroxylation is 8. The molecule has 71 heavy (non-hydrogen) atoms. The number of benzene rings is 4. The minimum atomic E-state index is 0. The minimum absolute atomic E-state index is 0. The molecule has 0 radical (unpaired) electrons. The molecular formula is C60H82Cl6Si2Zr3. The summed E-state index contributed by atoms with van der Waals surface area (Å²) in [4.78, 5) is 0. The van der Waals surface area contributed by atoms with E-state index in [9.17, 15) is 0 Å². The monoisotopic (exact) mass is 1340 g/mol. The largest absolute Gasteiger partial charge is 4.00 e. The van der Waals surface area contributed by atoms with Crippen LogP contribution >= 0.6 is 24.8 Å². The molecule has 8 rings (SSSR count). The van der Waals surface area contributed by atoms with Gasteiger partial charge in [-0.05, 0) is 51.4 Å². The topological polar surface area (TPSA) is 0 Å². The molecule has 0 aromatic heterocycles. The maximum absolute atomic E-state index is 2.33. The molecule has 0 aliphatic heterocycles. The first-order chi connectivity index (χ1) is 29.8. The normalized spacial score (nSPS) is 9.86. The summed E-state index contributed by atoms with van der Waals surface area (Å²) in [5.41, 5.74) is 17.5. The Morgan fingerprint density at radius 2 is 0.606 bits per heavy atom. The van der Waals surface area contributed by atoms with Crippen LogP contribution in [0.5, 0.6) is 0 Å². The Morgan fingerprint density at radius 1 is 0.366 bits per heavy atom. The van der Waals surface area contributed by atoms with Crippen molar-refractivity contribution in [2.75, 3.05) is 0 Å². The van der Waals surface area contributed by atoms with E-state index >= 15 is 0 Å². The second kappa shape index (κ2) is 37.8. The summed E-state index contributed by atoms with van der Waals surface area (Å²) in [6.45, 7) is 44.8. The van der Waals surface area contributed by atoms with Crippen LogP contribution in [-0.4, -0.2) is 10.9 Å². The molecule has 0 aliphatic carbocycles. The van der Waals surface area contributed by atoms with Crippen molar-refractivity contribution in [1.82, 2.24) is 0 Å². The van der Waals surface area contributed by atoms with Crippen LogP contribution in [0.15, 0.2) is 97.1 Å². The Hall–Kier alpha value is 0.143. The smallest absolute Gasteiger partial charge is 1.00 e. The van der Waals surface area contributed by atoms with Crippen LogP contribution in [0.2, 0.25) is 26.2 Å². The van der Waals surface area contributed by atoms with E-state index in [1.165, 1.54) is 98.7 Å². The van der Waals surface area contributed by atoms with Gasteiger partial charge in [-0.1, -0.05) is 140 Å². The fraction of sp³-hybridized carbons (Fsp3) is 0.400. The van der Waals surface area contributed by atoms with Crippen molar-refractivity contribution in [2.24, 2.45) is 0 Å². The molecule has 0 N–H and O–H groups in total. The molecule has 0 heterocycles. The van der Waals surface area contributed by atoms with Crippen LogP contribution in [-0.2, 0) is 72.9 Å². The maximum Gasteiger partial charge on any atom is 4.00 e. The van der Waals surface area contributed by atoms with Gasteiger partial charge in [0, 0.05) is 0 Å². The molecule has 11 heteroatoms. The Bertz CT molecular complexity index is 2620. The summed E-state index contributed by atoms with van der Waals surface area (Å²) in [6.07, 6.45) is 0. The molecule has 0 atom stereocenters. The molecule has 0 bridgehead atoms. The Balaban J connectivity index is -0.000000253. The molecule has 0 spiro atoms. The number of hydrogen-bond acceptors (Lipinski definition) is 0. The Morgan fingerprint density at radius 3 is 0.845 bits per heavy atom. The quantitative estimate of drug-likeness (QED) is 0.126. The summed E-state index contributed by atoms with van der Waals surface area (Å²) in [5.74, 6) is 2.42. The number of halogens is 6. The maximum atomic E-state index is 2.33. The summed E-state index contributed by atoms with van der Waals surface area (Å²) in [7, 11) is 0. The van der Waals surface area contributed by atoms with Crippen LogP contribution in [0.4, 0.5) is 0 Å². The van der Waals surface area contributed by atoms with Crippen molar-refractivity contribution in [1.29, 1.82) is 0 Å². The summed E-state index contributed by atoms with van der Waals surface area (Å²) < 4.78 is 0. The third kappa shape index (κ3) is 25.0. The fourth-order valence-electron chi connectivity index (χ4n) is 8.92. The fourth-order valence-corrected chi connectivity index (χ4v) is 8.92. The van der Waals surface area contributed by atoms with Crippen LogP contribution in [0, 0.1) is 55.4 Å². The molecule has 0 saturated carbocycles. The first-order valence-electron chi connectivity index (χ1n) is 23.5. The van der Waals surface area contributed by atoms with Gasteiger partial charge in [0.15, 0.2) is 0 Å². The van der Waals surface area contributed by atoms with Gasteiger partial charge in [-0.3, -0.25) is 0 Å². The molecule has 0 saturated heterocycles. The SMILES string of the molecule is C[Si](C)=[Zr+2].C[Si](C)=[Zr+2].Cc1cc(C)c2cc(C)[cH-]c2c1.Cc1cc(C)c2cc(C)[cH-]c2c1.Cc1cc2c(C(C)C)c(C(C)C)ccc2[cH-]1.Cc1cc2c(C(C)C)c(C(C)C)ccc2[cH-]1.Cl.Cl.[Cl-].[Cl-].[Cl-].[Cl-].[Zr+4]. The van der Waals surface area contributed by atoms with Gasteiger partial charge in [0.05, 0.1) is 0 Å². The molecule has 8 aromatic carbocycles. The van der Waals surface area contributed by atoms with Crippen molar-refractivity contribution >= 4 is 78.8 Å². The van der Waals surface area contributed by atoms with E-state index in [4.69, 9.17) is 0 Å². The molecule has 0 fully saturated rings. The van der Waals surface area contributed by atoms with Crippen molar-refractivity contribution in [3.63, 3.8) is 0 Å². The predicted molar refractivity (Wildman–Crippen MR) is 302 cm³/mol. The molecule has 384 valence electrons. The van der Waals surface area contributed by atoms with Crippen molar-refractivity contribution in [2.45, 2.75) is 161 Å². The van der Waals surface area contributed by atoms with Crippen molar-refractivity contribution in [3.8, 4) is 0 Å². The average Bonchev–Trinajstić information content (AvgIpc) is 3.93. The summed E-state index contributed by atoms with van der Waals surface area (Å²) >= 11 is 3.48. The number of fused-ring (bicyclic) bond motifs is 4. The minimum Gasteiger partial charge on any atom is -1.00 e. The van der Waals surface area contributed by atoms with E-state index in [2.05, 4.69) is 234 Å². The second-order valence-corrected chi connectivity index (χ2v) is 38.8. The third-order valence-electron chi connectivity index (χ3n) is 11.3. The summed E-state index contributed by atoms with van der Waals surface area (Å²) in [5, 5.41) is 11.3. The Labute approximate surface area is 519 Å². The van der Waals surface area contributed by atoms with Gasteiger partial charge in [0.2, 0.25) is 0 Å². The van der Waals surface area contributed by atoms with Gasteiger partial charge in [0.1, 0.15) is 0 Å². The van der Waals surface area contributed by atoms with E-state index in [0.29, 0.717) is 23.7 Å². The van der Waals surface area contributed by atoms with E-state index in [1.54, 1.807) is 57.8 Å². The van der Waals surface area contributed by atoms with Crippen molar-refractivity contribution < 1.29 is 123 Å². The van der Waals surface area contributed by atoms with Crippen LogP contribution in [0.25, 0.3) is 43.1 Å². The first kappa shape index (κ1) is 80.0. The van der Waals surface area contributed by atoms with Crippen LogP contribution in [0.1, 0.15) is 146 Å². The zero-order chi connectivity index (χ0) is 48.3. The molecule has 0 aliphatic rings. The third-order valence-corrected chi connectivity index (χ3v) is 11.3. The molecule has 0 amide bonds. The second-order valence-electron chi connectivity index (χ2n) is 20.1. The van der Waals surface area contributed by atoms with Crippen LogP contribution < -0.4 is 49.6 Å². The molecule has 0 unspecified atom stereocenters. The van der Waals surface area contributed by atoms with Crippen LogP contribution in [0.3, 0.4) is 0 Å². The van der Waals surface area contributed by atoms with Gasteiger partial charge in [-0.2, -0.15) is 24.3 Å². The standard InChI is InChI=1S/2C16H21.2C12H13.2C2H6Si.6ClH.3Zr/c2*1-10(2)14-7-6-13-8-12(5)9-15(13)16(14)11(3)4;2*1-8-4-10(3)12-7-9(2)6-11(12)5-8;2*1-3-2;;;;;;;;;/h2*6-11H,1-5H3;2*4-7H,1-3H3;2*1-2H3;6*1H;;;/q4*-1;;;;;;;;;2*+2;+4/p-4. The van der Waals surface area contributed by atoms with Gasteiger partial charge < -0.3 is 49.6 Å². The number of rotatable bonds is 4. The first-order valence-corrected chi connectivity index (χ1v) is 35.9. The Kier molecular flexibility index (Phi) is 42.6. The predicted octanol–water partition coefficient (Wildman–Crippen LogP) is 7.62. The molecule has 0 nitrogen and oxygen atoms in total. The van der Waals surface area contributed by atoms with E-state index in [0.717, 1.165) is 0 Å². The van der Waals surface area contributed by atoms with Gasteiger partial charge in [-0.25, -0.2) is 0 Å². The molecular weight excluding hydrogens is 1260 g/mol. The van der Waals surface area contributed by atoms with E-state index in [1.807, 2.05) is 0 Å². The summed E-state index contributed by atoms with van der Waals surface area (Å²) in [6, 6.07) is 36.3. The zero-order valence-corrected chi connectivity index (χ0v) is 60.4. The van der Waals surface area contributed by atoms with Crippen molar-refractivity contribution in [3.05, 3.63) is 164 Å².